The molecule has 0 saturated carbocycles. The van der Waals surface area contributed by atoms with E-state index in [-0.39, 0.29) is 6.10 Å². The first kappa shape index (κ1) is 15.2. The molecule has 2 rings (SSSR count). The molecule has 4 heteroatoms. The number of aryl methyl sites for hydroxylation is 1. The maximum Gasteiger partial charge on any atom is 0.144 e. The monoisotopic (exact) mass is 285 g/mol. The second-order valence-corrected chi connectivity index (χ2v) is 5.48. The highest BCUT2D eigenvalue weighted by molar-refractivity contribution is 5.73. The largest absolute Gasteiger partial charge is 0.489 e. The van der Waals surface area contributed by atoms with Gasteiger partial charge in [0.25, 0.3) is 0 Å². The van der Waals surface area contributed by atoms with Gasteiger partial charge in [0.15, 0.2) is 0 Å². The van der Waals surface area contributed by atoms with Crippen molar-refractivity contribution < 1.29 is 4.74 Å². The van der Waals surface area contributed by atoms with Gasteiger partial charge < -0.3 is 15.4 Å². The van der Waals surface area contributed by atoms with Gasteiger partial charge in [0, 0.05) is 12.7 Å². The van der Waals surface area contributed by atoms with Gasteiger partial charge in [-0.25, -0.2) is 0 Å². The molecule has 0 atom stereocenters. The van der Waals surface area contributed by atoms with Crippen molar-refractivity contribution in [2.75, 3.05) is 17.7 Å². The first-order chi connectivity index (χ1) is 9.97. The molecule has 1 aromatic heterocycles. The number of aromatic nitrogens is 1. The Bertz CT molecular complexity index is 611. The van der Waals surface area contributed by atoms with Crippen LogP contribution in [0.2, 0.25) is 0 Å². The minimum Gasteiger partial charge on any atom is -0.489 e. The molecular weight excluding hydrogens is 262 g/mol. The quantitative estimate of drug-likeness (QED) is 0.855. The Morgan fingerprint density at radius 3 is 2.57 bits per heavy atom. The van der Waals surface area contributed by atoms with E-state index in [1.807, 2.05) is 64.2 Å². The third kappa shape index (κ3) is 3.88. The van der Waals surface area contributed by atoms with Crippen LogP contribution in [-0.2, 0) is 6.54 Å². The van der Waals surface area contributed by atoms with Crippen LogP contribution < -0.4 is 15.4 Å². The number of nitrogens with two attached hydrogens (primary N) is 1. The van der Waals surface area contributed by atoms with Gasteiger partial charge in [0.2, 0.25) is 0 Å². The predicted molar refractivity (Wildman–Crippen MR) is 87.7 cm³/mol. The summed E-state index contributed by atoms with van der Waals surface area (Å²) in [6.07, 6.45) is 0.103. The second-order valence-electron chi connectivity index (χ2n) is 5.48. The predicted octanol–water partition coefficient (Wildman–Crippen LogP) is 3.40. The summed E-state index contributed by atoms with van der Waals surface area (Å²) in [4.78, 5) is 6.61. The maximum atomic E-state index is 6.23. The molecule has 0 fully saturated rings. The molecule has 0 amide bonds. The van der Waals surface area contributed by atoms with Gasteiger partial charge in [-0.05, 0) is 45.0 Å². The van der Waals surface area contributed by atoms with E-state index in [1.54, 1.807) is 0 Å². The zero-order valence-corrected chi connectivity index (χ0v) is 13.1. The van der Waals surface area contributed by atoms with Gasteiger partial charge in [-0.3, -0.25) is 4.98 Å². The van der Waals surface area contributed by atoms with E-state index in [1.165, 1.54) is 0 Å². The number of pyridine rings is 1. The molecule has 4 nitrogen and oxygen atoms in total. The van der Waals surface area contributed by atoms with E-state index in [0.717, 1.165) is 22.8 Å². The van der Waals surface area contributed by atoms with Crippen molar-refractivity contribution in [2.24, 2.45) is 0 Å². The molecule has 0 spiro atoms. The van der Waals surface area contributed by atoms with Gasteiger partial charge in [0.1, 0.15) is 5.75 Å². The lowest BCUT2D eigenvalue weighted by atomic mass is 10.2. The summed E-state index contributed by atoms with van der Waals surface area (Å²) in [6.45, 7) is 6.69. The van der Waals surface area contributed by atoms with Crippen molar-refractivity contribution in [3.8, 4) is 5.75 Å². The molecule has 0 bridgehead atoms. The molecule has 0 saturated heterocycles. The number of hydrogen-bond acceptors (Lipinski definition) is 4. The average Bonchev–Trinajstić information content (AvgIpc) is 2.40. The van der Waals surface area contributed by atoms with Crippen molar-refractivity contribution in [1.29, 1.82) is 0 Å². The third-order valence-electron chi connectivity index (χ3n) is 3.16. The van der Waals surface area contributed by atoms with E-state index < -0.39 is 0 Å². The SMILES string of the molecule is Cc1cccc(CN(C)c2cccc(OC(C)C)c2N)n1. The lowest BCUT2D eigenvalue weighted by Gasteiger charge is -2.23. The standard InChI is InChI=1S/C17H23N3O/c1-12(2)21-16-10-6-9-15(17(16)18)20(4)11-14-8-5-7-13(3)19-14/h5-10,12H,11,18H2,1-4H3. The zero-order chi connectivity index (χ0) is 15.4. The number of nitrogens with zero attached hydrogens (tertiary/aromatic N) is 2. The summed E-state index contributed by atoms with van der Waals surface area (Å²) in [6, 6.07) is 11.9. The smallest absolute Gasteiger partial charge is 0.144 e. The Labute approximate surface area is 126 Å². The number of nitrogen functional groups attached to an aromatic ring is 1. The second kappa shape index (κ2) is 6.48. The van der Waals surface area contributed by atoms with Crippen LogP contribution in [0.4, 0.5) is 11.4 Å². The summed E-state index contributed by atoms with van der Waals surface area (Å²) in [5.41, 5.74) is 9.89. The van der Waals surface area contributed by atoms with Crippen LogP contribution in [0, 0.1) is 6.92 Å². The molecule has 0 aliphatic carbocycles. The fraction of sp³-hybridized carbons (Fsp3) is 0.353. The summed E-state index contributed by atoms with van der Waals surface area (Å²) in [7, 11) is 2.01. The van der Waals surface area contributed by atoms with Crippen LogP contribution in [0.25, 0.3) is 0 Å². The summed E-state index contributed by atoms with van der Waals surface area (Å²) >= 11 is 0. The highest BCUT2D eigenvalue weighted by Crippen LogP contribution is 2.32. The fourth-order valence-electron chi connectivity index (χ4n) is 2.24. The molecule has 1 heterocycles. The molecule has 0 unspecified atom stereocenters. The number of anilines is 2. The van der Waals surface area contributed by atoms with E-state index in [2.05, 4.69) is 9.88 Å². The van der Waals surface area contributed by atoms with Crippen molar-refractivity contribution in [2.45, 2.75) is 33.4 Å². The van der Waals surface area contributed by atoms with Crippen LogP contribution in [0.15, 0.2) is 36.4 Å². The Hall–Kier alpha value is -2.23. The van der Waals surface area contributed by atoms with Crippen LogP contribution in [0.5, 0.6) is 5.75 Å². The highest BCUT2D eigenvalue weighted by atomic mass is 16.5. The molecule has 1 aromatic carbocycles. The third-order valence-corrected chi connectivity index (χ3v) is 3.16. The zero-order valence-electron chi connectivity index (χ0n) is 13.1. The molecule has 2 aromatic rings. The first-order valence-electron chi connectivity index (χ1n) is 7.16. The molecule has 2 N–H and O–H groups in total. The van der Waals surface area contributed by atoms with Crippen LogP contribution in [-0.4, -0.2) is 18.1 Å². The normalized spacial score (nSPS) is 10.7. The van der Waals surface area contributed by atoms with Crippen molar-refractivity contribution >= 4 is 11.4 Å². The Balaban J connectivity index is 2.21. The lowest BCUT2D eigenvalue weighted by molar-refractivity contribution is 0.244. The van der Waals surface area contributed by atoms with E-state index in [4.69, 9.17) is 10.5 Å². The number of rotatable bonds is 5. The molecule has 0 aliphatic rings. The van der Waals surface area contributed by atoms with Crippen molar-refractivity contribution in [1.82, 2.24) is 4.98 Å². The van der Waals surface area contributed by atoms with Gasteiger partial charge >= 0.3 is 0 Å². The van der Waals surface area contributed by atoms with Crippen LogP contribution in [0.1, 0.15) is 25.2 Å². The lowest BCUT2D eigenvalue weighted by Crippen LogP contribution is -2.19. The van der Waals surface area contributed by atoms with E-state index in [0.29, 0.717) is 12.2 Å². The van der Waals surface area contributed by atoms with E-state index in [9.17, 15) is 0 Å². The summed E-state index contributed by atoms with van der Waals surface area (Å²) in [5.74, 6) is 0.728. The fourth-order valence-corrected chi connectivity index (χ4v) is 2.24. The Morgan fingerprint density at radius 2 is 1.90 bits per heavy atom. The highest BCUT2D eigenvalue weighted by Gasteiger charge is 2.12. The van der Waals surface area contributed by atoms with Crippen LogP contribution in [0.3, 0.4) is 0 Å². The first-order valence-corrected chi connectivity index (χ1v) is 7.16. The number of benzene rings is 1. The van der Waals surface area contributed by atoms with Gasteiger partial charge in [-0.15, -0.1) is 0 Å². The maximum absolute atomic E-state index is 6.23. The van der Waals surface area contributed by atoms with Crippen LogP contribution >= 0.6 is 0 Å². The number of ether oxygens (including phenoxy) is 1. The Morgan fingerprint density at radius 1 is 1.19 bits per heavy atom. The van der Waals surface area contributed by atoms with Gasteiger partial charge in [-0.1, -0.05) is 12.1 Å². The van der Waals surface area contributed by atoms with Gasteiger partial charge in [-0.2, -0.15) is 0 Å². The molecule has 21 heavy (non-hydrogen) atoms. The average molecular weight is 285 g/mol. The Kier molecular flexibility index (Phi) is 4.68. The molecular formula is C17H23N3O. The number of hydrogen-bond donors (Lipinski definition) is 1. The molecule has 0 aliphatic heterocycles. The summed E-state index contributed by atoms with van der Waals surface area (Å²) < 4.78 is 5.74. The van der Waals surface area contributed by atoms with E-state index >= 15 is 0 Å². The minimum atomic E-state index is 0.103. The van der Waals surface area contributed by atoms with Crippen molar-refractivity contribution in [3.63, 3.8) is 0 Å². The van der Waals surface area contributed by atoms with Gasteiger partial charge in [0.05, 0.1) is 29.7 Å². The minimum absolute atomic E-state index is 0.103. The number of para-hydroxylation sites is 1. The molecule has 112 valence electrons. The topological polar surface area (TPSA) is 51.4 Å². The van der Waals surface area contributed by atoms with Crippen molar-refractivity contribution in [3.05, 3.63) is 47.8 Å². The summed E-state index contributed by atoms with van der Waals surface area (Å²) in [5, 5.41) is 0. The molecule has 0 radical (unpaired) electrons.